The molecule has 1 unspecified atom stereocenters. The molecule has 0 radical (unpaired) electrons. The van der Waals surface area contributed by atoms with Gasteiger partial charge in [0.25, 0.3) is 5.91 Å². The normalized spacial score (nSPS) is 15.5. The number of aliphatic hydroxyl groups is 3. The summed E-state index contributed by atoms with van der Waals surface area (Å²) in [5.41, 5.74) is -2.52. The second-order valence-corrected chi connectivity index (χ2v) is 8.98. The minimum atomic E-state index is -1.54. The number of halogens is 4. The lowest BCUT2D eigenvalue weighted by atomic mass is 9.89. The van der Waals surface area contributed by atoms with E-state index in [0.29, 0.717) is 3.57 Å². The van der Waals surface area contributed by atoms with Crippen molar-refractivity contribution in [1.29, 1.82) is 0 Å². The molecule has 2 amide bonds. The number of hydrogen-bond acceptors (Lipinski definition) is 6. The van der Waals surface area contributed by atoms with Crippen molar-refractivity contribution in [1.82, 2.24) is 10.2 Å². The van der Waals surface area contributed by atoms with Crippen LogP contribution in [0.5, 0.6) is 0 Å². The first kappa shape index (κ1) is 25.2. The second kappa shape index (κ2) is 10.2. The van der Waals surface area contributed by atoms with Gasteiger partial charge < -0.3 is 30.9 Å². The number of nitrogens with zero attached hydrogens (tertiary/aromatic N) is 1. The molecule has 2 aromatic carbocycles. The third-order valence-electron chi connectivity index (χ3n) is 5.01. The molecule has 1 fully saturated rings. The van der Waals surface area contributed by atoms with E-state index >= 15 is 0 Å². The molecule has 0 spiro atoms. The van der Waals surface area contributed by atoms with Gasteiger partial charge in [-0.05, 0) is 52.9 Å². The summed E-state index contributed by atoms with van der Waals surface area (Å²) < 4.78 is 43.2. The van der Waals surface area contributed by atoms with Gasteiger partial charge in [-0.25, -0.2) is 13.2 Å². The molecule has 12 heteroatoms. The molecule has 3 rings (SSSR count). The minimum absolute atomic E-state index is 0.157. The van der Waals surface area contributed by atoms with Gasteiger partial charge in [-0.2, -0.15) is 0 Å². The quantitative estimate of drug-likeness (QED) is 0.303. The van der Waals surface area contributed by atoms with Gasteiger partial charge in [-0.15, -0.1) is 0 Å². The van der Waals surface area contributed by atoms with Crippen LogP contribution in [0.15, 0.2) is 30.3 Å². The first-order valence-electron chi connectivity index (χ1n) is 9.80. The average Bonchev–Trinajstić information content (AvgIpc) is 2.74. The molecule has 1 aliphatic rings. The van der Waals surface area contributed by atoms with Crippen LogP contribution in [-0.4, -0.2) is 70.0 Å². The van der Waals surface area contributed by atoms with Crippen LogP contribution >= 0.6 is 22.6 Å². The minimum Gasteiger partial charge on any atom is -0.394 e. The number of aliphatic hydroxyl groups excluding tert-OH is 2. The van der Waals surface area contributed by atoms with Gasteiger partial charge in [0.05, 0.1) is 49.2 Å². The fraction of sp³-hybridized carbons (Fsp3) is 0.333. The lowest BCUT2D eigenvalue weighted by Crippen LogP contribution is -2.64. The lowest BCUT2D eigenvalue weighted by molar-refractivity contribution is -0.135. The van der Waals surface area contributed by atoms with Gasteiger partial charge in [0, 0.05) is 10.1 Å². The van der Waals surface area contributed by atoms with E-state index in [-0.39, 0.29) is 37.3 Å². The number of nitrogens with one attached hydrogen (secondary N) is 2. The fourth-order valence-electron chi connectivity index (χ4n) is 3.32. The van der Waals surface area contributed by atoms with Gasteiger partial charge in [-0.1, -0.05) is 0 Å². The van der Waals surface area contributed by atoms with Crippen LogP contribution in [0.4, 0.5) is 24.5 Å². The molecule has 33 heavy (non-hydrogen) atoms. The molecule has 1 atom stereocenters. The summed E-state index contributed by atoms with van der Waals surface area (Å²) in [5.74, 6) is -4.66. The van der Waals surface area contributed by atoms with Crippen LogP contribution in [0.25, 0.3) is 0 Å². The van der Waals surface area contributed by atoms with Crippen molar-refractivity contribution in [3.63, 3.8) is 0 Å². The van der Waals surface area contributed by atoms with E-state index in [1.807, 2.05) is 22.6 Å². The smallest absolute Gasteiger partial charge is 0.256 e. The van der Waals surface area contributed by atoms with E-state index in [2.05, 4.69) is 10.6 Å². The van der Waals surface area contributed by atoms with E-state index in [0.717, 1.165) is 17.0 Å². The molecule has 178 valence electrons. The molecule has 0 saturated carbocycles. The molecule has 0 aliphatic carbocycles. The molecule has 1 aliphatic heterocycles. The molecule has 1 heterocycles. The van der Waals surface area contributed by atoms with E-state index in [1.165, 1.54) is 12.1 Å². The van der Waals surface area contributed by atoms with Crippen LogP contribution in [0, 0.1) is 21.0 Å². The van der Waals surface area contributed by atoms with Crippen molar-refractivity contribution in [2.24, 2.45) is 0 Å². The van der Waals surface area contributed by atoms with Crippen LogP contribution in [0.1, 0.15) is 16.8 Å². The summed E-state index contributed by atoms with van der Waals surface area (Å²) in [4.78, 5) is 25.9. The summed E-state index contributed by atoms with van der Waals surface area (Å²) in [6, 6.07) is 5.87. The number of anilines is 2. The Bertz CT molecular complexity index is 1070. The third-order valence-corrected chi connectivity index (χ3v) is 5.68. The Balaban J connectivity index is 1.72. The Morgan fingerprint density at radius 2 is 1.85 bits per heavy atom. The van der Waals surface area contributed by atoms with Gasteiger partial charge in [0.15, 0.2) is 11.6 Å². The van der Waals surface area contributed by atoms with Gasteiger partial charge in [0.2, 0.25) is 5.91 Å². The van der Waals surface area contributed by atoms with Crippen molar-refractivity contribution < 1.29 is 38.1 Å². The zero-order valence-corrected chi connectivity index (χ0v) is 19.3. The molecule has 1 saturated heterocycles. The summed E-state index contributed by atoms with van der Waals surface area (Å²) >= 11 is 1.89. The Labute approximate surface area is 200 Å². The van der Waals surface area contributed by atoms with Crippen molar-refractivity contribution >= 4 is 45.8 Å². The maximum atomic E-state index is 14.5. The van der Waals surface area contributed by atoms with E-state index < -0.39 is 53.3 Å². The van der Waals surface area contributed by atoms with Crippen LogP contribution in [0.2, 0.25) is 0 Å². The van der Waals surface area contributed by atoms with E-state index in [4.69, 9.17) is 5.11 Å². The van der Waals surface area contributed by atoms with E-state index in [9.17, 15) is 33.0 Å². The molecule has 0 bridgehead atoms. The highest BCUT2D eigenvalue weighted by Crippen LogP contribution is 2.32. The fourth-order valence-corrected chi connectivity index (χ4v) is 3.78. The van der Waals surface area contributed by atoms with Crippen molar-refractivity contribution in [2.75, 3.05) is 31.6 Å². The number of carbonyl (C=O) groups excluding carboxylic acids is 2. The maximum absolute atomic E-state index is 14.5. The maximum Gasteiger partial charge on any atom is 0.256 e. The molecule has 0 aromatic heterocycles. The summed E-state index contributed by atoms with van der Waals surface area (Å²) in [6.45, 7) is -1.24. The van der Waals surface area contributed by atoms with Crippen molar-refractivity contribution in [3.05, 3.63) is 56.9 Å². The number of rotatable bonds is 8. The Morgan fingerprint density at radius 1 is 1.15 bits per heavy atom. The van der Waals surface area contributed by atoms with Crippen molar-refractivity contribution in [3.8, 4) is 0 Å². The highest BCUT2D eigenvalue weighted by Gasteiger charge is 2.45. The standard InChI is InChI=1S/C21H21F3IN3O5/c22-14-3-2-13(19(18(14)24)27-16-4-1-11(25)5-15(16)23)20(32)28-9-21(33,10-28)6-17(31)26-7-12(30)8-29/h1-5,12,27,29-30,33H,6-10H2,(H,26,31). The number of amides is 2. The summed E-state index contributed by atoms with van der Waals surface area (Å²) in [5, 5.41) is 33.3. The largest absolute Gasteiger partial charge is 0.394 e. The zero-order valence-electron chi connectivity index (χ0n) is 17.1. The molecule has 2 aromatic rings. The number of likely N-dealkylation sites (tertiary alicyclic amines) is 1. The molecule has 5 N–H and O–H groups in total. The topological polar surface area (TPSA) is 122 Å². The number of β-amino-alcohol motifs (C(OH)–C–C–N with tert-alkyl or cyclic N) is 1. The number of benzene rings is 2. The summed E-state index contributed by atoms with van der Waals surface area (Å²) in [7, 11) is 0. The van der Waals surface area contributed by atoms with Crippen molar-refractivity contribution in [2.45, 2.75) is 18.1 Å². The van der Waals surface area contributed by atoms with Crippen LogP contribution in [0.3, 0.4) is 0 Å². The Kier molecular flexibility index (Phi) is 7.82. The molecular weight excluding hydrogens is 558 g/mol. The SMILES string of the molecule is O=C(CC1(O)CN(C(=O)c2ccc(F)c(F)c2Nc2ccc(I)cc2F)C1)NCC(O)CO. The first-order valence-corrected chi connectivity index (χ1v) is 10.9. The van der Waals surface area contributed by atoms with Crippen LogP contribution < -0.4 is 10.6 Å². The second-order valence-electron chi connectivity index (χ2n) is 7.74. The predicted octanol–water partition coefficient (Wildman–Crippen LogP) is 1.50. The van der Waals surface area contributed by atoms with Gasteiger partial charge in [-0.3, -0.25) is 9.59 Å². The first-order chi connectivity index (χ1) is 15.5. The third kappa shape index (κ3) is 5.93. The lowest BCUT2D eigenvalue weighted by Gasteiger charge is -2.46. The molecular formula is C21H21F3IN3O5. The average molecular weight is 579 g/mol. The van der Waals surface area contributed by atoms with Crippen LogP contribution in [-0.2, 0) is 4.79 Å². The predicted molar refractivity (Wildman–Crippen MR) is 120 cm³/mol. The highest BCUT2D eigenvalue weighted by atomic mass is 127. The van der Waals surface area contributed by atoms with E-state index in [1.54, 1.807) is 6.07 Å². The van der Waals surface area contributed by atoms with Gasteiger partial charge in [0.1, 0.15) is 11.4 Å². The Hall–Kier alpha value is -2.42. The number of carbonyl (C=O) groups is 2. The number of hydrogen-bond donors (Lipinski definition) is 5. The molecule has 8 nitrogen and oxygen atoms in total. The monoisotopic (exact) mass is 579 g/mol. The summed E-state index contributed by atoms with van der Waals surface area (Å²) in [6.07, 6.45) is -1.51. The Morgan fingerprint density at radius 3 is 2.48 bits per heavy atom. The highest BCUT2D eigenvalue weighted by molar-refractivity contribution is 14.1. The zero-order chi connectivity index (χ0) is 24.3. The van der Waals surface area contributed by atoms with Gasteiger partial charge >= 0.3 is 0 Å².